The minimum Gasteiger partial charge on any atom is -0.463 e. The number of esters is 1. The highest BCUT2D eigenvalue weighted by Crippen LogP contribution is 2.27. The largest absolute Gasteiger partial charge is 0.463 e. The maximum atomic E-state index is 11.2. The van der Waals surface area contributed by atoms with Crippen molar-refractivity contribution >= 4 is 14.5 Å². The molecule has 2 aromatic carbocycles. The van der Waals surface area contributed by atoms with Crippen LogP contribution in [0.1, 0.15) is 30.6 Å². The van der Waals surface area contributed by atoms with Crippen molar-refractivity contribution in [1.29, 1.82) is 0 Å². The van der Waals surface area contributed by atoms with Gasteiger partial charge in [-0.1, -0.05) is 67.2 Å². The van der Waals surface area contributed by atoms with E-state index < -0.39 is 14.5 Å². The van der Waals surface area contributed by atoms with Crippen LogP contribution in [-0.2, 0) is 25.0 Å². The van der Waals surface area contributed by atoms with Gasteiger partial charge >= 0.3 is 14.5 Å². The van der Waals surface area contributed by atoms with Crippen LogP contribution in [-0.4, -0.2) is 21.1 Å². The molecule has 0 N–H and O–H groups in total. The van der Waals surface area contributed by atoms with Gasteiger partial charge in [-0.3, -0.25) is 0 Å². The molecule has 0 radical (unpaired) electrons. The molecule has 0 saturated carbocycles. The second-order valence-electron chi connectivity index (χ2n) is 6.55. The maximum absolute atomic E-state index is 11.2. The quantitative estimate of drug-likeness (QED) is 0.232. The molecule has 0 fully saturated rings. The summed E-state index contributed by atoms with van der Waals surface area (Å²) < 4.78 is 17.8. The fourth-order valence-corrected chi connectivity index (χ4v) is 5.24. The van der Waals surface area contributed by atoms with E-state index in [9.17, 15) is 4.79 Å². The highest BCUT2D eigenvalue weighted by Gasteiger charge is 2.33. The Bertz CT molecular complexity index is 705. The van der Waals surface area contributed by atoms with Crippen LogP contribution in [0.15, 0.2) is 73.3 Å². The van der Waals surface area contributed by atoms with Gasteiger partial charge in [-0.2, -0.15) is 0 Å². The predicted molar refractivity (Wildman–Crippen MR) is 109 cm³/mol. The lowest BCUT2D eigenvalue weighted by Gasteiger charge is -2.31. The number of carbonyl (C=O) groups is 1. The fraction of sp³-hybridized carbons (Fsp3) is 0.318. The monoisotopic (exact) mass is 384 g/mol. The Hall–Kier alpha value is -2.21. The maximum Gasteiger partial charge on any atom is 0.335 e. The smallest absolute Gasteiger partial charge is 0.335 e. The Kier molecular flexibility index (Phi) is 8.45. The van der Waals surface area contributed by atoms with Crippen molar-refractivity contribution in [2.75, 3.05) is 6.61 Å². The second kappa shape index (κ2) is 10.8. The Morgan fingerprint density at radius 2 is 1.74 bits per heavy atom. The first-order valence-electron chi connectivity index (χ1n) is 9.22. The first kappa shape index (κ1) is 21.1. The molecule has 0 spiro atoms. The van der Waals surface area contributed by atoms with Crippen molar-refractivity contribution in [3.8, 4) is 0 Å². The van der Waals surface area contributed by atoms with E-state index in [1.54, 1.807) is 0 Å². The Labute approximate surface area is 163 Å². The van der Waals surface area contributed by atoms with Crippen LogP contribution in [0, 0.1) is 0 Å². The van der Waals surface area contributed by atoms with Gasteiger partial charge in [0, 0.05) is 6.08 Å². The summed E-state index contributed by atoms with van der Waals surface area (Å²) in [5.41, 5.74) is 2.24. The lowest BCUT2D eigenvalue weighted by Crippen LogP contribution is -2.39. The van der Waals surface area contributed by atoms with Gasteiger partial charge in [0.15, 0.2) is 0 Å². The van der Waals surface area contributed by atoms with Crippen molar-refractivity contribution in [3.05, 3.63) is 84.4 Å². The molecule has 2 atom stereocenters. The standard InChI is InChI=1S/C22H28O4Si/c1-4-22(23)24-16-11-17-27(3,25-18-20-12-7-5-8-13-20)26-19(2)21-14-9-6-10-15-21/h4-10,12-15,19H,1,11,16-18H2,2-3H3/t19?,27-/m1/s1. The molecular weight excluding hydrogens is 356 g/mol. The molecule has 144 valence electrons. The summed E-state index contributed by atoms with van der Waals surface area (Å²) >= 11 is 0. The van der Waals surface area contributed by atoms with Crippen LogP contribution < -0.4 is 0 Å². The van der Waals surface area contributed by atoms with Gasteiger partial charge < -0.3 is 13.6 Å². The number of carbonyl (C=O) groups excluding carboxylic acids is 1. The van der Waals surface area contributed by atoms with Gasteiger partial charge in [0.05, 0.1) is 19.3 Å². The SMILES string of the molecule is C=CC(=O)OCCC[Si@](C)(OCc1ccccc1)OC(C)c1ccccc1. The minimum absolute atomic E-state index is 0.0608. The van der Waals surface area contributed by atoms with Crippen LogP contribution in [0.5, 0.6) is 0 Å². The molecule has 0 aliphatic carbocycles. The molecule has 2 rings (SSSR count). The van der Waals surface area contributed by atoms with Crippen molar-refractivity contribution in [3.63, 3.8) is 0 Å². The highest BCUT2D eigenvalue weighted by atomic mass is 28.4. The van der Waals surface area contributed by atoms with Crippen LogP contribution in [0.3, 0.4) is 0 Å². The zero-order chi connectivity index (χ0) is 19.5. The molecule has 0 amide bonds. The topological polar surface area (TPSA) is 44.8 Å². The van der Waals surface area contributed by atoms with E-state index in [2.05, 4.69) is 25.3 Å². The molecule has 0 aliphatic heterocycles. The molecule has 0 heterocycles. The summed E-state index contributed by atoms with van der Waals surface area (Å²) in [6.07, 6.45) is 1.81. The first-order valence-corrected chi connectivity index (χ1v) is 11.7. The van der Waals surface area contributed by atoms with Gasteiger partial charge in [-0.15, -0.1) is 0 Å². The van der Waals surface area contributed by atoms with E-state index in [0.29, 0.717) is 19.6 Å². The van der Waals surface area contributed by atoms with E-state index in [4.69, 9.17) is 13.6 Å². The molecule has 27 heavy (non-hydrogen) atoms. The van der Waals surface area contributed by atoms with E-state index >= 15 is 0 Å². The summed E-state index contributed by atoms with van der Waals surface area (Å²) in [5.74, 6) is -0.401. The zero-order valence-electron chi connectivity index (χ0n) is 16.1. The Morgan fingerprint density at radius 3 is 2.37 bits per heavy atom. The number of ether oxygens (including phenoxy) is 1. The van der Waals surface area contributed by atoms with E-state index in [1.165, 1.54) is 6.08 Å². The molecular formula is C22H28O4Si. The molecule has 5 heteroatoms. The average molecular weight is 385 g/mol. The first-order chi connectivity index (χ1) is 13.0. The lowest BCUT2D eigenvalue weighted by molar-refractivity contribution is -0.137. The third-order valence-electron chi connectivity index (χ3n) is 4.27. The van der Waals surface area contributed by atoms with Crippen LogP contribution in [0.4, 0.5) is 0 Å². The predicted octanol–water partition coefficient (Wildman–Crippen LogP) is 5.17. The number of hydrogen-bond acceptors (Lipinski definition) is 4. The third-order valence-corrected chi connectivity index (χ3v) is 7.14. The summed E-state index contributed by atoms with van der Waals surface area (Å²) in [6, 6.07) is 20.9. The third kappa shape index (κ3) is 7.51. The molecule has 4 nitrogen and oxygen atoms in total. The molecule has 2 aromatic rings. The summed E-state index contributed by atoms with van der Waals surface area (Å²) in [7, 11) is -2.48. The van der Waals surface area contributed by atoms with Crippen molar-refractivity contribution in [2.24, 2.45) is 0 Å². The summed E-state index contributed by atoms with van der Waals surface area (Å²) in [4.78, 5) is 11.2. The van der Waals surface area contributed by atoms with Gasteiger partial charge in [-0.25, -0.2) is 4.79 Å². The molecule has 0 bridgehead atoms. The van der Waals surface area contributed by atoms with E-state index in [1.807, 2.05) is 55.5 Å². The van der Waals surface area contributed by atoms with Crippen LogP contribution >= 0.6 is 0 Å². The second-order valence-corrected chi connectivity index (χ2v) is 9.85. The highest BCUT2D eigenvalue weighted by molar-refractivity contribution is 6.66. The van der Waals surface area contributed by atoms with E-state index in [-0.39, 0.29) is 6.10 Å². The van der Waals surface area contributed by atoms with Crippen LogP contribution in [0.25, 0.3) is 0 Å². The fourth-order valence-electron chi connectivity index (χ4n) is 2.77. The summed E-state index contributed by atoms with van der Waals surface area (Å²) in [5, 5.41) is 0. The lowest BCUT2D eigenvalue weighted by atomic mass is 10.1. The molecule has 0 aromatic heterocycles. The van der Waals surface area contributed by atoms with Gasteiger partial charge in [-0.05, 0) is 37.1 Å². The summed E-state index contributed by atoms with van der Waals surface area (Å²) in [6.45, 7) is 8.38. The van der Waals surface area contributed by atoms with Gasteiger partial charge in [0.1, 0.15) is 0 Å². The Balaban J connectivity index is 1.99. The zero-order valence-corrected chi connectivity index (χ0v) is 17.1. The van der Waals surface area contributed by atoms with E-state index in [0.717, 1.165) is 17.2 Å². The minimum atomic E-state index is -2.48. The van der Waals surface area contributed by atoms with Crippen molar-refractivity contribution in [2.45, 2.75) is 38.6 Å². The van der Waals surface area contributed by atoms with Crippen molar-refractivity contribution in [1.82, 2.24) is 0 Å². The normalized spacial score (nSPS) is 14.1. The molecule has 0 aliphatic rings. The van der Waals surface area contributed by atoms with Gasteiger partial charge in [0.2, 0.25) is 0 Å². The number of hydrogen-bond donors (Lipinski definition) is 0. The number of rotatable bonds is 11. The van der Waals surface area contributed by atoms with Crippen molar-refractivity contribution < 1.29 is 18.4 Å². The van der Waals surface area contributed by atoms with Crippen LogP contribution in [0.2, 0.25) is 12.6 Å². The molecule has 1 unspecified atom stereocenters. The average Bonchev–Trinajstić information content (AvgIpc) is 2.71. The molecule has 0 saturated heterocycles. The van der Waals surface area contributed by atoms with Gasteiger partial charge in [0.25, 0.3) is 0 Å². The Morgan fingerprint density at radius 1 is 1.11 bits per heavy atom. The number of benzene rings is 2.